The summed E-state index contributed by atoms with van der Waals surface area (Å²) in [6.45, 7) is 4.69. The number of alkyl halides is 3. The normalized spacial score (nSPS) is 20.0. The molecule has 1 amide bonds. The Hall–Kier alpha value is -1.56. The summed E-state index contributed by atoms with van der Waals surface area (Å²) in [6.07, 6.45) is -0.333. The molecule has 0 N–H and O–H groups in total. The number of likely N-dealkylation sites (tertiary alicyclic amines) is 1. The van der Waals surface area contributed by atoms with Gasteiger partial charge in [-0.15, -0.1) is 0 Å². The van der Waals surface area contributed by atoms with Gasteiger partial charge in [0.1, 0.15) is 0 Å². The lowest BCUT2D eigenvalue weighted by Crippen LogP contribution is -2.51. The van der Waals surface area contributed by atoms with E-state index in [1.807, 2.05) is 4.90 Å². The van der Waals surface area contributed by atoms with Crippen molar-refractivity contribution in [2.24, 2.45) is 0 Å². The van der Waals surface area contributed by atoms with Crippen LogP contribution in [0, 0.1) is 0 Å². The third-order valence-corrected chi connectivity index (χ3v) is 5.14. The molecule has 1 aromatic rings. The van der Waals surface area contributed by atoms with Gasteiger partial charge in [0.15, 0.2) is 0 Å². The lowest BCUT2D eigenvalue weighted by molar-refractivity contribution is -0.140. The van der Waals surface area contributed by atoms with E-state index in [1.54, 1.807) is 24.9 Å². The van der Waals surface area contributed by atoms with Crippen LogP contribution in [-0.2, 0) is 17.5 Å². The molecule has 1 aliphatic heterocycles. The summed E-state index contributed by atoms with van der Waals surface area (Å²) in [5, 5.41) is 0. The number of piperidine rings is 1. The van der Waals surface area contributed by atoms with Crippen LogP contribution in [0.3, 0.4) is 0 Å². The minimum atomic E-state index is -4.38. The molecule has 0 saturated carbocycles. The fourth-order valence-corrected chi connectivity index (χ4v) is 3.48. The van der Waals surface area contributed by atoms with Crippen molar-refractivity contribution >= 4 is 5.91 Å². The van der Waals surface area contributed by atoms with Crippen molar-refractivity contribution in [3.8, 4) is 0 Å². The number of hydrogen-bond acceptors (Lipinski definition) is 2. The standard InChI is InChI=1S/C19H27F3N2O/c1-4-16-10-7-8-12-24(16)18(25)14(2)23(3)13-15-9-5-6-11-17(15)19(20,21)22/h5-6,9,11,14,16H,4,7-8,10,12-13H2,1-3H3. The largest absolute Gasteiger partial charge is 0.416 e. The summed E-state index contributed by atoms with van der Waals surface area (Å²) in [5.41, 5.74) is -0.436. The first-order valence-corrected chi connectivity index (χ1v) is 8.91. The Labute approximate surface area is 147 Å². The molecule has 1 heterocycles. The monoisotopic (exact) mass is 356 g/mol. The minimum absolute atomic E-state index is 0.0125. The number of hydrogen-bond donors (Lipinski definition) is 0. The highest BCUT2D eigenvalue weighted by Gasteiger charge is 2.34. The van der Waals surface area contributed by atoms with Crippen LogP contribution in [0.15, 0.2) is 24.3 Å². The summed E-state index contributed by atoms with van der Waals surface area (Å²) in [6, 6.07) is 5.36. The molecule has 2 unspecified atom stereocenters. The van der Waals surface area contributed by atoms with E-state index in [0.717, 1.165) is 38.3 Å². The Balaban J connectivity index is 2.10. The number of rotatable bonds is 5. The lowest BCUT2D eigenvalue weighted by atomic mass is 9.99. The first-order valence-electron chi connectivity index (χ1n) is 8.91. The Morgan fingerprint density at radius 1 is 1.32 bits per heavy atom. The molecule has 2 atom stereocenters. The number of carbonyl (C=O) groups excluding carboxylic acids is 1. The van der Waals surface area contributed by atoms with Crippen LogP contribution in [0.25, 0.3) is 0 Å². The zero-order chi connectivity index (χ0) is 18.6. The number of halogens is 3. The second-order valence-corrected chi connectivity index (χ2v) is 6.84. The topological polar surface area (TPSA) is 23.6 Å². The molecule has 0 bridgehead atoms. The van der Waals surface area contributed by atoms with Crippen molar-refractivity contribution in [3.63, 3.8) is 0 Å². The summed E-state index contributed by atoms with van der Waals surface area (Å²) < 4.78 is 39.5. The minimum Gasteiger partial charge on any atom is -0.338 e. The van der Waals surface area contributed by atoms with Gasteiger partial charge in [0.05, 0.1) is 11.6 Å². The van der Waals surface area contributed by atoms with Crippen molar-refractivity contribution in [2.45, 2.75) is 64.3 Å². The zero-order valence-corrected chi connectivity index (χ0v) is 15.1. The molecule has 1 aliphatic rings. The van der Waals surface area contributed by atoms with E-state index in [1.165, 1.54) is 12.1 Å². The molecular weight excluding hydrogens is 329 g/mol. The predicted molar refractivity (Wildman–Crippen MR) is 92.0 cm³/mol. The fraction of sp³-hybridized carbons (Fsp3) is 0.632. The van der Waals surface area contributed by atoms with Gasteiger partial charge in [0.25, 0.3) is 0 Å². The quantitative estimate of drug-likeness (QED) is 0.785. The maximum absolute atomic E-state index is 13.2. The smallest absolute Gasteiger partial charge is 0.338 e. The highest BCUT2D eigenvalue weighted by molar-refractivity contribution is 5.81. The van der Waals surface area contributed by atoms with Gasteiger partial charge in [0.2, 0.25) is 5.91 Å². The molecule has 0 aromatic heterocycles. The average Bonchev–Trinajstić information content (AvgIpc) is 2.59. The Morgan fingerprint density at radius 2 is 2.00 bits per heavy atom. The van der Waals surface area contributed by atoms with E-state index in [4.69, 9.17) is 0 Å². The summed E-state index contributed by atoms with van der Waals surface area (Å²) in [7, 11) is 1.71. The van der Waals surface area contributed by atoms with Gasteiger partial charge in [-0.05, 0) is 51.3 Å². The zero-order valence-electron chi connectivity index (χ0n) is 15.1. The molecule has 0 spiro atoms. The summed E-state index contributed by atoms with van der Waals surface area (Å²) in [4.78, 5) is 16.5. The van der Waals surface area contributed by atoms with Crippen LogP contribution in [0.2, 0.25) is 0 Å². The van der Waals surface area contributed by atoms with Gasteiger partial charge >= 0.3 is 6.18 Å². The summed E-state index contributed by atoms with van der Waals surface area (Å²) >= 11 is 0. The van der Waals surface area contributed by atoms with E-state index in [0.29, 0.717) is 0 Å². The number of carbonyl (C=O) groups is 1. The van der Waals surface area contributed by atoms with E-state index in [2.05, 4.69) is 6.92 Å². The lowest BCUT2D eigenvalue weighted by Gasteiger charge is -2.38. The molecule has 0 aliphatic carbocycles. The molecule has 0 radical (unpaired) electrons. The van der Waals surface area contributed by atoms with E-state index < -0.39 is 17.8 Å². The van der Waals surface area contributed by atoms with Crippen LogP contribution in [-0.4, -0.2) is 41.4 Å². The third-order valence-electron chi connectivity index (χ3n) is 5.14. The van der Waals surface area contributed by atoms with E-state index >= 15 is 0 Å². The Kier molecular flexibility index (Phi) is 6.49. The Morgan fingerprint density at radius 3 is 2.64 bits per heavy atom. The molecule has 25 heavy (non-hydrogen) atoms. The van der Waals surface area contributed by atoms with Crippen molar-refractivity contribution in [1.82, 2.24) is 9.80 Å². The highest BCUT2D eigenvalue weighted by atomic mass is 19.4. The fourth-order valence-electron chi connectivity index (χ4n) is 3.48. The van der Waals surface area contributed by atoms with Crippen molar-refractivity contribution in [3.05, 3.63) is 35.4 Å². The highest BCUT2D eigenvalue weighted by Crippen LogP contribution is 2.32. The molecule has 1 fully saturated rings. The SMILES string of the molecule is CCC1CCCCN1C(=O)C(C)N(C)Cc1ccccc1C(F)(F)F. The van der Waals surface area contributed by atoms with Gasteiger partial charge < -0.3 is 4.90 Å². The average molecular weight is 356 g/mol. The van der Waals surface area contributed by atoms with Crippen LogP contribution >= 0.6 is 0 Å². The van der Waals surface area contributed by atoms with Gasteiger partial charge in [-0.2, -0.15) is 13.2 Å². The Bertz CT molecular complexity index is 588. The molecule has 140 valence electrons. The number of likely N-dealkylation sites (N-methyl/N-ethyl adjacent to an activating group) is 1. The third kappa shape index (κ3) is 4.75. The number of benzene rings is 1. The van der Waals surface area contributed by atoms with Crippen molar-refractivity contribution in [1.29, 1.82) is 0 Å². The molecule has 1 aromatic carbocycles. The molecule has 3 nitrogen and oxygen atoms in total. The van der Waals surface area contributed by atoms with Gasteiger partial charge in [-0.3, -0.25) is 9.69 Å². The maximum atomic E-state index is 13.2. The van der Waals surface area contributed by atoms with E-state index in [9.17, 15) is 18.0 Å². The first kappa shape index (κ1) is 19.8. The number of amides is 1. The van der Waals surface area contributed by atoms with Gasteiger partial charge in [-0.25, -0.2) is 0 Å². The maximum Gasteiger partial charge on any atom is 0.416 e. The molecule has 2 rings (SSSR count). The molecule has 1 saturated heterocycles. The first-order chi connectivity index (χ1) is 11.8. The van der Waals surface area contributed by atoms with Gasteiger partial charge in [0, 0.05) is 19.1 Å². The van der Waals surface area contributed by atoms with Crippen LogP contribution in [0.5, 0.6) is 0 Å². The van der Waals surface area contributed by atoms with Crippen LogP contribution in [0.4, 0.5) is 13.2 Å². The van der Waals surface area contributed by atoms with Gasteiger partial charge in [-0.1, -0.05) is 25.1 Å². The van der Waals surface area contributed by atoms with Crippen LogP contribution < -0.4 is 0 Å². The molecular formula is C19H27F3N2O. The van der Waals surface area contributed by atoms with Crippen molar-refractivity contribution in [2.75, 3.05) is 13.6 Å². The molecule has 6 heteroatoms. The second kappa shape index (κ2) is 8.21. The second-order valence-electron chi connectivity index (χ2n) is 6.84. The predicted octanol–water partition coefficient (Wildman–Crippen LogP) is 4.32. The summed E-state index contributed by atoms with van der Waals surface area (Å²) in [5.74, 6) is 0.0125. The van der Waals surface area contributed by atoms with Crippen LogP contribution in [0.1, 0.15) is 50.7 Å². The van der Waals surface area contributed by atoms with E-state index in [-0.39, 0.29) is 24.1 Å². The van der Waals surface area contributed by atoms with Crippen molar-refractivity contribution < 1.29 is 18.0 Å². The number of nitrogens with zero attached hydrogens (tertiary/aromatic N) is 2.